The van der Waals surface area contributed by atoms with E-state index in [9.17, 15) is 4.79 Å². The summed E-state index contributed by atoms with van der Waals surface area (Å²) >= 11 is 12.0. The van der Waals surface area contributed by atoms with Crippen molar-refractivity contribution in [2.24, 2.45) is 0 Å². The quantitative estimate of drug-likeness (QED) is 0.777. The van der Waals surface area contributed by atoms with Gasteiger partial charge < -0.3 is 4.74 Å². The standard InChI is InChI=1S/C15H12Cl2O2/c1-9-11(4-3-5-13(9)17)15(18)12-8-10(16)6-7-14(12)19-2/h3-8H,1-2H3. The molecule has 0 aliphatic rings. The van der Waals surface area contributed by atoms with E-state index in [1.165, 1.54) is 7.11 Å². The van der Waals surface area contributed by atoms with Crippen molar-refractivity contribution in [3.63, 3.8) is 0 Å². The maximum Gasteiger partial charge on any atom is 0.197 e. The molecule has 0 saturated heterocycles. The van der Waals surface area contributed by atoms with Crippen LogP contribution in [0, 0.1) is 6.92 Å². The molecule has 2 nitrogen and oxygen atoms in total. The summed E-state index contributed by atoms with van der Waals surface area (Å²) in [7, 11) is 1.52. The van der Waals surface area contributed by atoms with E-state index >= 15 is 0 Å². The zero-order valence-corrected chi connectivity index (χ0v) is 12.0. The molecule has 0 bridgehead atoms. The molecule has 0 N–H and O–H groups in total. The fourth-order valence-electron chi connectivity index (χ4n) is 1.86. The van der Waals surface area contributed by atoms with Crippen molar-refractivity contribution in [2.45, 2.75) is 6.92 Å². The maximum absolute atomic E-state index is 12.6. The predicted octanol–water partition coefficient (Wildman–Crippen LogP) is 4.54. The summed E-state index contributed by atoms with van der Waals surface area (Å²) in [6.45, 7) is 1.81. The van der Waals surface area contributed by atoms with Gasteiger partial charge in [0, 0.05) is 15.6 Å². The molecule has 4 heteroatoms. The van der Waals surface area contributed by atoms with Gasteiger partial charge in [0.2, 0.25) is 0 Å². The molecule has 98 valence electrons. The molecule has 0 heterocycles. The normalized spacial score (nSPS) is 10.3. The molecule has 19 heavy (non-hydrogen) atoms. The van der Waals surface area contributed by atoms with Crippen LogP contribution in [0.15, 0.2) is 36.4 Å². The first kappa shape index (κ1) is 13.9. The smallest absolute Gasteiger partial charge is 0.197 e. The summed E-state index contributed by atoms with van der Waals surface area (Å²) in [5, 5.41) is 1.05. The van der Waals surface area contributed by atoms with Gasteiger partial charge in [0.15, 0.2) is 5.78 Å². The second-order valence-electron chi connectivity index (χ2n) is 4.09. The molecule has 2 aromatic carbocycles. The number of hydrogen-bond donors (Lipinski definition) is 0. The van der Waals surface area contributed by atoms with Crippen LogP contribution in [0.5, 0.6) is 5.75 Å². The Balaban J connectivity index is 2.56. The molecule has 2 rings (SSSR count). The monoisotopic (exact) mass is 294 g/mol. The number of hydrogen-bond acceptors (Lipinski definition) is 2. The third kappa shape index (κ3) is 2.75. The Bertz CT molecular complexity index is 636. The number of methoxy groups -OCH3 is 1. The Morgan fingerprint density at radius 2 is 1.84 bits per heavy atom. The van der Waals surface area contributed by atoms with E-state index in [0.717, 1.165) is 5.56 Å². The van der Waals surface area contributed by atoms with E-state index in [1.807, 2.05) is 6.92 Å². The van der Waals surface area contributed by atoms with E-state index in [-0.39, 0.29) is 5.78 Å². The van der Waals surface area contributed by atoms with Crippen molar-refractivity contribution in [1.82, 2.24) is 0 Å². The van der Waals surface area contributed by atoms with Gasteiger partial charge in [0.1, 0.15) is 5.75 Å². The number of ketones is 1. The maximum atomic E-state index is 12.6. The van der Waals surface area contributed by atoms with Crippen LogP contribution < -0.4 is 4.74 Å². The van der Waals surface area contributed by atoms with Gasteiger partial charge in [-0.1, -0.05) is 35.3 Å². The van der Waals surface area contributed by atoms with Crippen molar-refractivity contribution in [2.75, 3.05) is 7.11 Å². The minimum atomic E-state index is -0.153. The number of benzene rings is 2. The molecular weight excluding hydrogens is 283 g/mol. The Hall–Kier alpha value is -1.51. The van der Waals surface area contributed by atoms with Crippen molar-refractivity contribution >= 4 is 29.0 Å². The number of halogens is 2. The zero-order valence-electron chi connectivity index (χ0n) is 10.5. The number of carbonyl (C=O) groups is 1. The van der Waals surface area contributed by atoms with E-state index < -0.39 is 0 Å². The van der Waals surface area contributed by atoms with Crippen LogP contribution in [0.25, 0.3) is 0 Å². The molecule has 0 unspecified atom stereocenters. The predicted molar refractivity (Wildman–Crippen MR) is 77.6 cm³/mol. The fourth-order valence-corrected chi connectivity index (χ4v) is 2.20. The fraction of sp³-hybridized carbons (Fsp3) is 0.133. The van der Waals surface area contributed by atoms with Crippen LogP contribution in [-0.2, 0) is 0 Å². The van der Waals surface area contributed by atoms with E-state index in [1.54, 1.807) is 36.4 Å². The molecule has 0 radical (unpaired) electrons. The second kappa shape index (κ2) is 5.64. The van der Waals surface area contributed by atoms with Crippen molar-refractivity contribution in [3.8, 4) is 5.75 Å². The molecule has 0 aromatic heterocycles. The lowest BCUT2D eigenvalue weighted by Crippen LogP contribution is -2.06. The molecule has 0 spiro atoms. The Morgan fingerprint density at radius 1 is 1.11 bits per heavy atom. The van der Waals surface area contributed by atoms with Crippen LogP contribution in [-0.4, -0.2) is 12.9 Å². The Kier molecular flexibility index (Phi) is 4.13. The molecule has 0 aliphatic carbocycles. The van der Waals surface area contributed by atoms with E-state index in [2.05, 4.69) is 0 Å². The third-order valence-electron chi connectivity index (χ3n) is 2.92. The average Bonchev–Trinajstić information content (AvgIpc) is 2.41. The highest BCUT2D eigenvalue weighted by molar-refractivity contribution is 6.32. The van der Waals surface area contributed by atoms with Crippen LogP contribution in [0.3, 0.4) is 0 Å². The largest absolute Gasteiger partial charge is 0.496 e. The molecule has 0 saturated carbocycles. The molecule has 2 aromatic rings. The number of ether oxygens (including phenoxy) is 1. The molecule has 0 fully saturated rings. The van der Waals surface area contributed by atoms with Gasteiger partial charge in [0.25, 0.3) is 0 Å². The summed E-state index contributed by atoms with van der Waals surface area (Å²) in [5.41, 5.74) is 1.73. The van der Waals surface area contributed by atoms with Gasteiger partial charge in [-0.2, -0.15) is 0 Å². The van der Waals surface area contributed by atoms with Crippen LogP contribution in [0.4, 0.5) is 0 Å². The van der Waals surface area contributed by atoms with Crippen molar-refractivity contribution in [1.29, 1.82) is 0 Å². The van der Waals surface area contributed by atoms with E-state index in [0.29, 0.717) is 26.9 Å². The summed E-state index contributed by atoms with van der Waals surface area (Å²) in [4.78, 5) is 12.6. The molecular formula is C15H12Cl2O2. The Labute approximate surface area is 121 Å². The highest BCUT2D eigenvalue weighted by Gasteiger charge is 2.17. The van der Waals surface area contributed by atoms with Gasteiger partial charge in [-0.05, 0) is 36.8 Å². The van der Waals surface area contributed by atoms with Gasteiger partial charge in [-0.25, -0.2) is 0 Å². The molecule has 0 aliphatic heterocycles. The number of rotatable bonds is 3. The third-order valence-corrected chi connectivity index (χ3v) is 3.56. The first-order valence-electron chi connectivity index (χ1n) is 5.68. The summed E-state index contributed by atoms with van der Waals surface area (Å²) in [5.74, 6) is 0.341. The minimum absolute atomic E-state index is 0.153. The number of carbonyl (C=O) groups excluding carboxylic acids is 1. The zero-order chi connectivity index (χ0) is 14.0. The minimum Gasteiger partial charge on any atom is -0.496 e. The van der Waals surface area contributed by atoms with Crippen molar-refractivity contribution < 1.29 is 9.53 Å². The first-order chi connectivity index (χ1) is 9.04. The van der Waals surface area contributed by atoms with Gasteiger partial charge in [-0.15, -0.1) is 0 Å². The Morgan fingerprint density at radius 3 is 2.53 bits per heavy atom. The lowest BCUT2D eigenvalue weighted by atomic mass is 9.98. The van der Waals surface area contributed by atoms with Crippen LogP contribution >= 0.6 is 23.2 Å². The van der Waals surface area contributed by atoms with E-state index in [4.69, 9.17) is 27.9 Å². The second-order valence-corrected chi connectivity index (χ2v) is 4.93. The first-order valence-corrected chi connectivity index (χ1v) is 6.43. The highest BCUT2D eigenvalue weighted by atomic mass is 35.5. The lowest BCUT2D eigenvalue weighted by Gasteiger charge is -2.10. The summed E-state index contributed by atoms with van der Waals surface area (Å²) in [6.07, 6.45) is 0. The van der Waals surface area contributed by atoms with Gasteiger partial charge >= 0.3 is 0 Å². The van der Waals surface area contributed by atoms with Crippen molar-refractivity contribution in [3.05, 3.63) is 63.1 Å². The van der Waals surface area contributed by atoms with Gasteiger partial charge in [0.05, 0.1) is 12.7 Å². The summed E-state index contributed by atoms with van der Waals surface area (Å²) in [6, 6.07) is 10.2. The van der Waals surface area contributed by atoms with Gasteiger partial charge in [-0.3, -0.25) is 4.79 Å². The molecule has 0 atom stereocenters. The lowest BCUT2D eigenvalue weighted by molar-refractivity contribution is 0.103. The average molecular weight is 295 g/mol. The van der Waals surface area contributed by atoms with Crippen LogP contribution in [0.2, 0.25) is 10.0 Å². The SMILES string of the molecule is COc1ccc(Cl)cc1C(=O)c1cccc(Cl)c1C. The topological polar surface area (TPSA) is 26.3 Å². The van der Waals surface area contributed by atoms with Crippen LogP contribution in [0.1, 0.15) is 21.5 Å². The summed E-state index contributed by atoms with van der Waals surface area (Å²) < 4.78 is 5.20. The molecule has 0 amide bonds. The highest BCUT2D eigenvalue weighted by Crippen LogP contribution is 2.28.